The molecule has 6 heteroatoms. The summed E-state index contributed by atoms with van der Waals surface area (Å²) in [5.74, 6) is 0.171. The smallest absolute Gasteiger partial charge is 0.293 e. The average molecular weight is 308 g/mol. The van der Waals surface area contributed by atoms with Gasteiger partial charge in [-0.2, -0.15) is 5.10 Å². The largest absolute Gasteiger partial charge is 0.361 e. The molecule has 0 aliphatic rings. The topological polar surface area (TPSA) is 67.5 Å². The fourth-order valence-corrected chi connectivity index (χ4v) is 1.66. The minimum absolute atomic E-state index is 0.205. The molecular weight excluding hydrogens is 298 g/mol. The average Bonchev–Trinajstić information content (AvgIpc) is 2.78. The van der Waals surface area contributed by atoms with E-state index in [0.29, 0.717) is 5.76 Å². The van der Waals surface area contributed by atoms with Gasteiger partial charge in [-0.25, -0.2) is 5.43 Å². The normalized spacial score (nSPS) is 10.8. The Kier molecular flexibility index (Phi) is 3.88. The highest BCUT2D eigenvalue weighted by Gasteiger charge is 2.09. The quantitative estimate of drug-likeness (QED) is 0.700. The Balaban J connectivity index is 2.00. The van der Waals surface area contributed by atoms with Crippen LogP contribution in [0.15, 0.2) is 44.4 Å². The maximum Gasteiger partial charge on any atom is 0.293 e. The summed E-state index contributed by atoms with van der Waals surface area (Å²) in [7, 11) is 0. The van der Waals surface area contributed by atoms with Gasteiger partial charge in [-0.05, 0) is 13.0 Å². The lowest BCUT2D eigenvalue weighted by Gasteiger charge is -1.97. The summed E-state index contributed by atoms with van der Waals surface area (Å²) in [5.41, 5.74) is 3.45. The van der Waals surface area contributed by atoms with Crippen molar-refractivity contribution in [1.82, 2.24) is 10.6 Å². The van der Waals surface area contributed by atoms with Crippen molar-refractivity contribution in [2.45, 2.75) is 6.92 Å². The summed E-state index contributed by atoms with van der Waals surface area (Å²) in [6, 6.07) is 9.10. The summed E-state index contributed by atoms with van der Waals surface area (Å²) in [4.78, 5) is 11.6. The van der Waals surface area contributed by atoms with E-state index in [1.807, 2.05) is 24.3 Å². The number of aryl methyl sites for hydroxylation is 1. The number of benzene rings is 1. The Morgan fingerprint density at radius 1 is 1.50 bits per heavy atom. The van der Waals surface area contributed by atoms with Crippen molar-refractivity contribution in [2.75, 3.05) is 0 Å². The van der Waals surface area contributed by atoms with Crippen molar-refractivity contribution < 1.29 is 9.32 Å². The number of halogens is 1. The van der Waals surface area contributed by atoms with Gasteiger partial charge >= 0.3 is 0 Å². The van der Waals surface area contributed by atoms with Crippen LogP contribution < -0.4 is 5.43 Å². The third kappa shape index (κ3) is 3.04. The summed E-state index contributed by atoms with van der Waals surface area (Å²) in [6.45, 7) is 1.72. The number of carbonyl (C=O) groups is 1. The standard InChI is InChI=1S/C12H10BrN3O2/c1-8-6-11(16-18-8)12(17)15-14-7-9-4-2-3-5-10(9)13/h2-7H,1H3,(H,15,17)/b14-7-. The molecule has 1 amide bonds. The fraction of sp³-hybridized carbons (Fsp3) is 0.0833. The van der Waals surface area contributed by atoms with E-state index in [9.17, 15) is 4.79 Å². The second kappa shape index (κ2) is 5.59. The van der Waals surface area contributed by atoms with Crippen LogP contribution in [0.3, 0.4) is 0 Å². The highest BCUT2D eigenvalue weighted by Crippen LogP contribution is 2.13. The molecule has 0 aliphatic heterocycles. The van der Waals surface area contributed by atoms with Crippen LogP contribution in [0.25, 0.3) is 0 Å². The first-order valence-corrected chi connectivity index (χ1v) is 5.97. The molecule has 0 unspecified atom stereocenters. The van der Waals surface area contributed by atoms with E-state index >= 15 is 0 Å². The number of hydrazone groups is 1. The molecule has 1 heterocycles. The number of carbonyl (C=O) groups excluding carboxylic acids is 1. The lowest BCUT2D eigenvalue weighted by atomic mass is 10.2. The molecule has 0 fully saturated rings. The molecule has 1 N–H and O–H groups in total. The fourth-order valence-electron chi connectivity index (χ4n) is 1.27. The predicted molar refractivity (Wildman–Crippen MR) is 70.4 cm³/mol. The third-order valence-corrected chi connectivity index (χ3v) is 2.86. The summed E-state index contributed by atoms with van der Waals surface area (Å²) >= 11 is 3.38. The first-order chi connectivity index (χ1) is 8.66. The Morgan fingerprint density at radius 2 is 2.28 bits per heavy atom. The van der Waals surface area contributed by atoms with Crippen LogP contribution in [0.5, 0.6) is 0 Å². The molecule has 2 rings (SSSR count). The molecule has 0 atom stereocenters. The van der Waals surface area contributed by atoms with Crippen molar-refractivity contribution in [1.29, 1.82) is 0 Å². The first kappa shape index (κ1) is 12.5. The first-order valence-electron chi connectivity index (χ1n) is 5.18. The molecule has 5 nitrogen and oxygen atoms in total. The van der Waals surface area contributed by atoms with Crippen LogP contribution in [0, 0.1) is 6.92 Å². The Bertz CT molecular complexity index is 593. The molecule has 2 aromatic rings. The highest BCUT2D eigenvalue weighted by atomic mass is 79.9. The zero-order valence-corrected chi connectivity index (χ0v) is 11.1. The van der Waals surface area contributed by atoms with Gasteiger partial charge < -0.3 is 4.52 Å². The summed E-state index contributed by atoms with van der Waals surface area (Å²) in [5, 5.41) is 7.44. The van der Waals surface area contributed by atoms with Gasteiger partial charge in [0.2, 0.25) is 0 Å². The van der Waals surface area contributed by atoms with E-state index in [1.165, 1.54) is 0 Å². The van der Waals surface area contributed by atoms with E-state index in [-0.39, 0.29) is 5.69 Å². The van der Waals surface area contributed by atoms with Crippen LogP contribution in [-0.4, -0.2) is 17.3 Å². The minimum atomic E-state index is -0.407. The number of aromatic nitrogens is 1. The van der Waals surface area contributed by atoms with Crippen LogP contribution in [0.1, 0.15) is 21.8 Å². The van der Waals surface area contributed by atoms with Gasteiger partial charge in [0.15, 0.2) is 5.69 Å². The zero-order chi connectivity index (χ0) is 13.0. The summed E-state index contributed by atoms with van der Waals surface area (Å²) < 4.78 is 5.70. The number of hydrogen-bond acceptors (Lipinski definition) is 4. The molecular formula is C12H10BrN3O2. The second-order valence-corrected chi connectivity index (χ2v) is 4.40. The van der Waals surface area contributed by atoms with E-state index < -0.39 is 5.91 Å². The summed E-state index contributed by atoms with van der Waals surface area (Å²) in [6.07, 6.45) is 1.55. The van der Waals surface area contributed by atoms with E-state index in [1.54, 1.807) is 19.2 Å². The molecule has 0 radical (unpaired) electrons. The molecule has 0 saturated carbocycles. The number of hydrogen-bond donors (Lipinski definition) is 1. The van der Waals surface area contributed by atoms with Gasteiger partial charge in [0.1, 0.15) is 5.76 Å². The van der Waals surface area contributed by atoms with Gasteiger partial charge in [0.05, 0.1) is 6.21 Å². The van der Waals surface area contributed by atoms with Gasteiger partial charge in [-0.15, -0.1) is 0 Å². The lowest BCUT2D eigenvalue weighted by Crippen LogP contribution is -2.17. The molecule has 1 aromatic carbocycles. The van der Waals surface area contributed by atoms with Gasteiger partial charge in [-0.1, -0.05) is 39.3 Å². The molecule has 92 valence electrons. The monoisotopic (exact) mass is 307 g/mol. The number of nitrogens with zero attached hydrogens (tertiary/aromatic N) is 2. The maximum atomic E-state index is 11.6. The molecule has 0 spiro atoms. The molecule has 0 saturated heterocycles. The minimum Gasteiger partial charge on any atom is -0.361 e. The van der Waals surface area contributed by atoms with Crippen LogP contribution >= 0.6 is 15.9 Å². The lowest BCUT2D eigenvalue weighted by molar-refractivity contribution is 0.0946. The molecule has 0 aliphatic carbocycles. The second-order valence-electron chi connectivity index (χ2n) is 3.54. The molecule has 1 aromatic heterocycles. The van der Waals surface area contributed by atoms with Crippen molar-refractivity contribution in [2.24, 2.45) is 5.10 Å². The third-order valence-electron chi connectivity index (χ3n) is 2.14. The zero-order valence-electron chi connectivity index (χ0n) is 9.55. The van der Waals surface area contributed by atoms with Crippen molar-refractivity contribution >= 4 is 28.1 Å². The predicted octanol–water partition coefficient (Wildman–Crippen LogP) is 2.51. The van der Waals surface area contributed by atoms with Crippen LogP contribution in [0.2, 0.25) is 0 Å². The SMILES string of the molecule is Cc1cc(C(=O)N/N=C\c2ccccc2Br)no1. The van der Waals surface area contributed by atoms with E-state index in [2.05, 4.69) is 31.6 Å². The van der Waals surface area contributed by atoms with Crippen LogP contribution in [-0.2, 0) is 0 Å². The Morgan fingerprint density at radius 3 is 2.94 bits per heavy atom. The van der Waals surface area contributed by atoms with Crippen LogP contribution in [0.4, 0.5) is 0 Å². The van der Waals surface area contributed by atoms with E-state index in [4.69, 9.17) is 4.52 Å². The van der Waals surface area contributed by atoms with Crippen molar-refractivity contribution in [3.05, 3.63) is 51.8 Å². The van der Waals surface area contributed by atoms with E-state index in [0.717, 1.165) is 10.0 Å². The Labute approximate surface area is 112 Å². The van der Waals surface area contributed by atoms with Crippen molar-refractivity contribution in [3.63, 3.8) is 0 Å². The molecule has 18 heavy (non-hydrogen) atoms. The number of amides is 1. The Hall–Kier alpha value is -1.95. The number of nitrogens with one attached hydrogen (secondary N) is 1. The molecule has 0 bridgehead atoms. The van der Waals surface area contributed by atoms with Gasteiger partial charge in [-0.3, -0.25) is 4.79 Å². The highest BCUT2D eigenvalue weighted by molar-refractivity contribution is 9.10. The van der Waals surface area contributed by atoms with Gasteiger partial charge in [0, 0.05) is 16.1 Å². The van der Waals surface area contributed by atoms with Gasteiger partial charge in [0.25, 0.3) is 5.91 Å². The number of rotatable bonds is 3. The van der Waals surface area contributed by atoms with Crippen molar-refractivity contribution in [3.8, 4) is 0 Å². The maximum absolute atomic E-state index is 11.6.